The SMILES string of the molecule is [Li][CH]([Li])CCCCCc1ccccc1. The van der Waals surface area contributed by atoms with Crippen LogP contribution in [-0.2, 0) is 6.42 Å². The van der Waals surface area contributed by atoms with Gasteiger partial charge in [-0.15, -0.1) is 0 Å². The first-order valence-corrected chi connectivity index (χ1v) is 5.83. The minimum atomic E-state index is 0.867. The molecule has 1 rings (SSSR count). The predicted octanol–water partition coefficient (Wildman–Crippen LogP) is 2.87. The Morgan fingerprint density at radius 3 is 2.29 bits per heavy atom. The Balaban J connectivity index is 2.05. The molecule has 0 radical (unpaired) electrons. The standard InChI is InChI=1S/C12H16.2Li/c1-2-3-4-6-9-12-10-7-5-8-11-12;;/h1,5,7-8,10-11H,2-4,6,9H2;;. The summed E-state index contributed by atoms with van der Waals surface area (Å²) in [5.74, 6) is 0. The van der Waals surface area contributed by atoms with Gasteiger partial charge in [-0.2, -0.15) is 0 Å². The fourth-order valence-corrected chi connectivity index (χ4v) is 1.70. The molecule has 0 unspecified atom stereocenters. The van der Waals surface area contributed by atoms with Gasteiger partial charge in [0.1, 0.15) is 0 Å². The van der Waals surface area contributed by atoms with Crippen LogP contribution < -0.4 is 0 Å². The van der Waals surface area contributed by atoms with Crippen molar-refractivity contribution in [3.8, 4) is 0 Å². The average Bonchev–Trinajstić information content (AvgIpc) is 2.18. The molecule has 0 aromatic heterocycles. The number of rotatable bonds is 6. The van der Waals surface area contributed by atoms with Crippen LogP contribution in [0.3, 0.4) is 0 Å². The first kappa shape index (κ1) is 12.5. The maximum atomic E-state index is 2.30. The summed E-state index contributed by atoms with van der Waals surface area (Å²) in [6.45, 7) is 0. The first-order valence-electron chi connectivity index (χ1n) is 5.83. The zero-order valence-electron chi connectivity index (χ0n) is 9.50. The second kappa shape index (κ2) is 7.67. The quantitative estimate of drug-likeness (QED) is 0.459. The Labute approximate surface area is 106 Å². The van der Waals surface area contributed by atoms with Gasteiger partial charge in [-0.1, -0.05) is 0 Å². The van der Waals surface area contributed by atoms with Crippen LogP contribution in [0.2, 0.25) is 3.26 Å². The van der Waals surface area contributed by atoms with E-state index in [-0.39, 0.29) is 0 Å². The van der Waals surface area contributed by atoms with E-state index in [4.69, 9.17) is 0 Å². The van der Waals surface area contributed by atoms with Gasteiger partial charge in [-0.3, -0.25) is 0 Å². The molecule has 66 valence electrons. The zero-order chi connectivity index (χ0) is 10.2. The van der Waals surface area contributed by atoms with Crippen molar-refractivity contribution in [1.82, 2.24) is 0 Å². The minimum absolute atomic E-state index is 0.867. The van der Waals surface area contributed by atoms with Crippen molar-refractivity contribution in [3.63, 3.8) is 0 Å². The number of hydrogen-bond acceptors (Lipinski definition) is 0. The molecule has 0 atom stereocenters. The summed E-state index contributed by atoms with van der Waals surface area (Å²) < 4.78 is 0.867. The van der Waals surface area contributed by atoms with E-state index in [0.29, 0.717) is 0 Å². The molecule has 2 heteroatoms. The molecule has 1 aromatic carbocycles. The molecule has 0 amide bonds. The molecule has 1 aromatic rings. The van der Waals surface area contributed by atoms with Crippen molar-refractivity contribution < 1.29 is 0 Å². The maximum absolute atomic E-state index is 2.30. The average molecular weight is 174 g/mol. The Bertz CT molecular complexity index is 231. The number of benzene rings is 1. The van der Waals surface area contributed by atoms with E-state index >= 15 is 0 Å². The van der Waals surface area contributed by atoms with Crippen molar-refractivity contribution in [2.75, 3.05) is 0 Å². The first-order chi connectivity index (χ1) is 6.79. The second-order valence-electron chi connectivity index (χ2n) is 4.48. The molecule has 14 heavy (non-hydrogen) atoms. The van der Waals surface area contributed by atoms with Crippen LogP contribution in [0.4, 0.5) is 0 Å². The number of aryl methyl sites for hydroxylation is 1. The predicted molar refractivity (Wildman–Crippen MR) is 63.9 cm³/mol. The third-order valence-corrected chi connectivity index (χ3v) is 2.59. The van der Waals surface area contributed by atoms with Crippen molar-refractivity contribution in [2.24, 2.45) is 0 Å². The van der Waals surface area contributed by atoms with E-state index in [1.807, 2.05) is 0 Å². The van der Waals surface area contributed by atoms with Crippen LogP contribution in [0, 0.1) is 0 Å². The molecule has 0 saturated carbocycles. The molecule has 0 aliphatic heterocycles. The molecule has 0 saturated heterocycles. The number of hydrogen-bond donors (Lipinski definition) is 0. The van der Waals surface area contributed by atoms with Gasteiger partial charge in [0.2, 0.25) is 0 Å². The van der Waals surface area contributed by atoms with E-state index in [1.54, 1.807) is 0 Å². The topological polar surface area (TPSA) is 0 Å². The zero-order valence-corrected chi connectivity index (χ0v) is 9.50. The third kappa shape index (κ3) is 6.00. The molecule has 0 spiro atoms. The van der Waals surface area contributed by atoms with Crippen molar-refractivity contribution >= 4 is 35.4 Å². The van der Waals surface area contributed by atoms with E-state index in [2.05, 4.69) is 65.8 Å². The van der Waals surface area contributed by atoms with E-state index in [1.165, 1.54) is 37.7 Å². The molecule has 0 fully saturated rings. The van der Waals surface area contributed by atoms with Gasteiger partial charge in [0.05, 0.1) is 0 Å². The molecule has 0 nitrogen and oxygen atoms in total. The molecule has 0 aliphatic carbocycles. The Hall–Kier alpha value is 0.415. The second-order valence-corrected chi connectivity index (χ2v) is 4.48. The summed E-state index contributed by atoms with van der Waals surface area (Å²) >= 11 is 4.61. The van der Waals surface area contributed by atoms with E-state index in [9.17, 15) is 0 Å². The normalized spacial score (nSPS) is 10.9. The monoisotopic (exact) mass is 174 g/mol. The Morgan fingerprint density at radius 1 is 0.929 bits per heavy atom. The van der Waals surface area contributed by atoms with Gasteiger partial charge in [-0.05, 0) is 0 Å². The van der Waals surface area contributed by atoms with Crippen molar-refractivity contribution in [1.29, 1.82) is 0 Å². The summed E-state index contributed by atoms with van der Waals surface area (Å²) in [6.07, 6.45) is 6.75. The summed E-state index contributed by atoms with van der Waals surface area (Å²) in [4.78, 5) is 0. The van der Waals surface area contributed by atoms with Crippen molar-refractivity contribution in [3.05, 3.63) is 35.9 Å². The van der Waals surface area contributed by atoms with Crippen LogP contribution in [-0.4, -0.2) is 35.4 Å². The van der Waals surface area contributed by atoms with Gasteiger partial charge in [0.25, 0.3) is 0 Å². The van der Waals surface area contributed by atoms with Gasteiger partial charge in [0.15, 0.2) is 0 Å². The number of unbranched alkanes of at least 4 members (excludes halogenated alkanes) is 2. The van der Waals surface area contributed by atoms with Gasteiger partial charge >= 0.3 is 107 Å². The van der Waals surface area contributed by atoms with Crippen LogP contribution >= 0.6 is 0 Å². The summed E-state index contributed by atoms with van der Waals surface area (Å²) in [5, 5.41) is 0. The summed E-state index contributed by atoms with van der Waals surface area (Å²) in [7, 11) is 0. The van der Waals surface area contributed by atoms with Crippen LogP contribution in [0.15, 0.2) is 30.3 Å². The van der Waals surface area contributed by atoms with E-state index < -0.39 is 0 Å². The summed E-state index contributed by atoms with van der Waals surface area (Å²) in [5.41, 5.74) is 1.48. The van der Waals surface area contributed by atoms with Crippen LogP contribution in [0.25, 0.3) is 0 Å². The van der Waals surface area contributed by atoms with Crippen molar-refractivity contribution in [2.45, 2.75) is 35.4 Å². The molecular formula is C12H16Li2. The molecule has 0 bridgehead atoms. The van der Waals surface area contributed by atoms with E-state index in [0.717, 1.165) is 3.26 Å². The molecular weight excluding hydrogens is 158 g/mol. The fourth-order valence-electron chi connectivity index (χ4n) is 1.70. The fraction of sp³-hybridized carbons (Fsp3) is 0.500. The van der Waals surface area contributed by atoms with Gasteiger partial charge in [0, 0.05) is 0 Å². The Morgan fingerprint density at radius 2 is 1.64 bits per heavy atom. The van der Waals surface area contributed by atoms with Gasteiger partial charge in [-0.25, -0.2) is 0 Å². The molecule has 0 N–H and O–H groups in total. The van der Waals surface area contributed by atoms with Crippen LogP contribution in [0.5, 0.6) is 0 Å². The van der Waals surface area contributed by atoms with Crippen LogP contribution in [0.1, 0.15) is 31.2 Å². The Kier molecular flexibility index (Phi) is 6.84. The third-order valence-electron chi connectivity index (χ3n) is 2.59. The van der Waals surface area contributed by atoms with Gasteiger partial charge < -0.3 is 0 Å². The molecule has 0 aliphatic rings. The molecule has 0 heterocycles. The summed E-state index contributed by atoms with van der Waals surface area (Å²) in [6, 6.07) is 10.8.